The summed E-state index contributed by atoms with van der Waals surface area (Å²) in [6, 6.07) is 13.9. The number of piperazine rings is 2. The summed E-state index contributed by atoms with van der Waals surface area (Å²) < 4.78 is 0. The molecule has 0 radical (unpaired) electrons. The van der Waals surface area contributed by atoms with Crippen LogP contribution in [-0.2, 0) is 11.3 Å². The zero-order chi connectivity index (χ0) is 21.6. The maximum atomic E-state index is 12.8. The first-order valence-electron chi connectivity index (χ1n) is 11.1. The second kappa shape index (κ2) is 10.0. The summed E-state index contributed by atoms with van der Waals surface area (Å²) in [6.07, 6.45) is 1.64. The fourth-order valence-corrected chi connectivity index (χ4v) is 4.24. The molecule has 2 fully saturated rings. The number of pyridine rings is 1. The van der Waals surface area contributed by atoms with Crippen LogP contribution >= 0.6 is 0 Å². The molecule has 2 aliphatic rings. The van der Waals surface area contributed by atoms with E-state index >= 15 is 0 Å². The summed E-state index contributed by atoms with van der Waals surface area (Å²) >= 11 is 0. The van der Waals surface area contributed by atoms with Crippen molar-refractivity contribution in [3.8, 4) is 0 Å². The Balaban J connectivity index is 1.20. The van der Waals surface area contributed by atoms with Crippen LogP contribution in [0.5, 0.6) is 0 Å². The van der Waals surface area contributed by atoms with Gasteiger partial charge in [-0.1, -0.05) is 30.3 Å². The predicted molar refractivity (Wildman–Crippen MR) is 120 cm³/mol. The molecule has 164 valence electrons. The van der Waals surface area contributed by atoms with Crippen LogP contribution in [-0.4, -0.2) is 95.3 Å². The quantitative estimate of drug-likeness (QED) is 0.732. The topological polar surface area (TPSA) is 60.0 Å². The number of carbonyl (C=O) groups is 2. The maximum absolute atomic E-state index is 12.8. The molecule has 31 heavy (non-hydrogen) atoms. The molecule has 4 rings (SSSR count). The monoisotopic (exact) mass is 421 g/mol. The lowest BCUT2D eigenvalue weighted by Crippen LogP contribution is -2.54. The number of hydrogen-bond donors (Lipinski definition) is 0. The number of nitrogens with zero attached hydrogens (tertiary/aromatic N) is 5. The van der Waals surface area contributed by atoms with E-state index in [-0.39, 0.29) is 11.8 Å². The first kappa shape index (κ1) is 21.5. The Kier molecular flexibility index (Phi) is 6.94. The maximum Gasteiger partial charge on any atom is 0.272 e. The molecule has 3 heterocycles. The van der Waals surface area contributed by atoms with Gasteiger partial charge in [0.15, 0.2) is 0 Å². The minimum atomic E-state index is -0.0312. The Hall–Kier alpha value is -2.77. The Morgan fingerprint density at radius 2 is 1.45 bits per heavy atom. The predicted octanol–water partition coefficient (Wildman–Crippen LogP) is 1.49. The lowest BCUT2D eigenvalue weighted by Gasteiger charge is -2.38. The Bertz CT molecular complexity index is 888. The Labute approximate surface area is 184 Å². The van der Waals surface area contributed by atoms with Crippen LogP contribution in [0.2, 0.25) is 0 Å². The van der Waals surface area contributed by atoms with E-state index in [0.717, 1.165) is 45.8 Å². The summed E-state index contributed by atoms with van der Waals surface area (Å²) in [5.74, 6) is 0.163. The molecule has 2 saturated heterocycles. The standard InChI is InChI=1S/C24H31N5O2/c1-20-6-2-3-7-21(20)18-26-10-14-28(15-11-26)23(30)19-27-12-16-29(17-13-27)24(31)22-8-4-5-9-25-22/h2-9H,10-19H2,1H3. The highest BCUT2D eigenvalue weighted by molar-refractivity contribution is 5.92. The van der Waals surface area contributed by atoms with E-state index in [2.05, 4.69) is 46.0 Å². The minimum Gasteiger partial charge on any atom is -0.339 e. The van der Waals surface area contributed by atoms with E-state index in [1.54, 1.807) is 12.3 Å². The molecule has 0 atom stereocenters. The van der Waals surface area contributed by atoms with Gasteiger partial charge in [0.05, 0.1) is 6.54 Å². The molecule has 0 unspecified atom stereocenters. The molecule has 0 bridgehead atoms. The number of carbonyl (C=O) groups excluding carboxylic acids is 2. The highest BCUT2D eigenvalue weighted by Gasteiger charge is 2.27. The van der Waals surface area contributed by atoms with Gasteiger partial charge in [0.1, 0.15) is 5.69 Å². The number of amides is 2. The second-order valence-corrected chi connectivity index (χ2v) is 8.37. The molecule has 0 aliphatic carbocycles. The molecule has 2 aromatic rings. The molecule has 2 aliphatic heterocycles. The van der Waals surface area contributed by atoms with Gasteiger partial charge in [0.2, 0.25) is 5.91 Å². The van der Waals surface area contributed by atoms with E-state index in [9.17, 15) is 9.59 Å². The molecular formula is C24H31N5O2. The zero-order valence-electron chi connectivity index (χ0n) is 18.2. The zero-order valence-corrected chi connectivity index (χ0v) is 18.2. The van der Waals surface area contributed by atoms with Gasteiger partial charge in [0.25, 0.3) is 5.91 Å². The lowest BCUT2D eigenvalue weighted by atomic mass is 10.1. The van der Waals surface area contributed by atoms with Crippen molar-refractivity contribution in [1.82, 2.24) is 24.6 Å². The molecule has 0 N–H and O–H groups in total. The van der Waals surface area contributed by atoms with Gasteiger partial charge in [-0.15, -0.1) is 0 Å². The van der Waals surface area contributed by atoms with E-state index < -0.39 is 0 Å². The SMILES string of the molecule is Cc1ccccc1CN1CCN(C(=O)CN2CCN(C(=O)c3ccccn3)CC2)CC1. The number of aryl methyl sites for hydroxylation is 1. The molecular weight excluding hydrogens is 390 g/mol. The van der Waals surface area contributed by atoms with Gasteiger partial charge >= 0.3 is 0 Å². The number of benzene rings is 1. The average molecular weight is 422 g/mol. The molecule has 2 amide bonds. The Morgan fingerprint density at radius 1 is 0.806 bits per heavy atom. The van der Waals surface area contributed by atoms with Crippen LogP contribution in [0, 0.1) is 6.92 Å². The molecule has 0 saturated carbocycles. The summed E-state index contributed by atoms with van der Waals surface area (Å²) in [6.45, 7) is 9.61. The number of rotatable bonds is 5. The van der Waals surface area contributed by atoms with Crippen molar-refractivity contribution in [2.24, 2.45) is 0 Å². The van der Waals surface area contributed by atoms with Crippen LogP contribution < -0.4 is 0 Å². The van der Waals surface area contributed by atoms with Gasteiger partial charge in [-0.25, -0.2) is 0 Å². The van der Waals surface area contributed by atoms with Crippen molar-refractivity contribution >= 4 is 11.8 Å². The largest absolute Gasteiger partial charge is 0.339 e. The van der Waals surface area contributed by atoms with Crippen LogP contribution in [0.1, 0.15) is 21.6 Å². The third kappa shape index (κ3) is 5.48. The average Bonchev–Trinajstić information content (AvgIpc) is 2.81. The van der Waals surface area contributed by atoms with E-state index in [0.29, 0.717) is 25.3 Å². The Morgan fingerprint density at radius 3 is 2.13 bits per heavy atom. The normalized spacial score (nSPS) is 18.2. The molecule has 7 heteroatoms. The van der Waals surface area contributed by atoms with Gasteiger partial charge < -0.3 is 9.80 Å². The minimum absolute atomic E-state index is 0.0312. The summed E-state index contributed by atoms with van der Waals surface area (Å²) in [5, 5.41) is 0. The van der Waals surface area contributed by atoms with Crippen molar-refractivity contribution in [2.75, 3.05) is 58.9 Å². The van der Waals surface area contributed by atoms with Crippen LogP contribution in [0.3, 0.4) is 0 Å². The second-order valence-electron chi connectivity index (χ2n) is 8.37. The van der Waals surface area contributed by atoms with Crippen LogP contribution in [0.15, 0.2) is 48.7 Å². The smallest absolute Gasteiger partial charge is 0.272 e. The van der Waals surface area contributed by atoms with Gasteiger partial charge in [-0.2, -0.15) is 0 Å². The first-order chi connectivity index (χ1) is 15.1. The first-order valence-corrected chi connectivity index (χ1v) is 11.1. The van der Waals surface area contributed by atoms with E-state index in [1.165, 1.54) is 11.1 Å². The van der Waals surface area contributed by atoms with Gasteiger partial charge in [0, 0.05) is 65.1 Å². The van der Waals surface area contributed by atoms with Gasteiger partial charge in [-0.3, -0.25) is 24.4 Å². The fraction of sp³-hybridized carbons (Fsp3) is 0.458. The lowest BCUT2D eigenvalue weighted by molar-refractivity contribution is -0.134. The summed E-state index contributed by atoms with van der Waals surface area (Å²) in [4.78, 5) is 37.9. The third-order valence-corrected chi connectivity index (χ3v) is 6.28. The van der Waals surface area contributed by atoms with Crippen molar-refractivity contribution < 1.29 is 9.59 Å². The highest BCUT2D eigenvalue weighted by Crippen LogP contribution is 2.13. The van der Waals surface area contributed by atoms with Crippen LogP contribution in [0.25, 0.3) is 0 Å². The molecule has 0 spiro atoms. The molecule has 1 aromatic heterocycles. The van der Waals surface area contributed by atoms with Crippen molar-refractivity contribution in [1.29, 1.82) is 0 Å². The van der Waals surface area contributed by atoms with Gasteiger partial charge in [-0.05, 0) is 30.2 Å². The van der Waals surface area contributed by atoms with Crippen molar-refractivity contribution in [3.05, 3.63) is 65.5 Å². The van der Waals surface area contributed by atoms with Crippen molar-refractivity contribution in [2.45, 2.75) is 13.5 Å². The van der Waals surface area contributed by atoms with Crippen LogP contribution in [0.4, 0.5) is 0 Å². The summed E-state index contributed by atoms with van der Waals surface area (Å²) in [5.41, 5.74) is 3.16. The van der Waals surface area contributed by atoms with Crippen molar-refractivity contribution in [3.63, 3.8) is 0 Å². The number of aromatic nitrogens is 1. The molecule has 1 aromatic carbocycles. The highest BCUT2D eigenvalue weighted by atomic mass is 16.2. The third-order valence-electron chi connectivity index (χ3n) is 6.28. The summed E-state index contributed by atoms with van der Waals surface area (Å²) in [7, 11) is 0. The fourth-order valence-electron chi connectivity index (χ4n) is 4.24. The molecule has 7 nitrogen and oxygen atoms in total. The van der Waals surface area contributed by atoms with E-state index in [4.69, 9.17) is 0 Å². The number of hydrogen-bond acceptors (Lipinski definition) is 5. The van der Waals surface area contributed by atoms with E-state index in [1.807, 2.05) is 21.9 Å².